The van der Waals surface area contributed by atoms with Crippen LogP contribution in [0.1, 0.15) is 28.4 Å². The molecule has 0 radical (unpaired) electrons. The lowest BCUT2D eigenvalue weighted by Crippen LogP contribution is -2.28. The molecule has 1 aromatic carbocycles. The second kappa shape index (κ2) is 6.83. The molecule has 0 bridgehead atoms. The molecule has 0 aliphatic carbocycles. The molecule has 20 heavy (non-hydrogen) atoms. The molecule has 3 N–H and O–H groups in total. The maximum Gasteiger partial charge on any atom is 0.251 e. The molecule has 1 rings (SSSR count). The highest BCUT2D eigenvalue weighted by Gasteiger charge is 2.17. The third-order valence-corrected chi connectivity index (χ3v) is 3.86. The van der Waals surface area contributed by atoms with Gasteiger partial charge in [0.1, 0.15) is 0 Å². The van der Waals surface area contributed by atoms with Crippen LogP contribution in [-0.4, -0.2) is 34.1 Å². The van der Waals surface area contributed by atoms with Crippen LogP contribution in [0.2, 0.25) is 0 Å². The normalized spacial score (nSPS) is 11.4. The predicted octanol–water partition coefficient (Wildman–Crippen LogP) is 0.717. The van der Waals surface area contributed by atoms with E-state index in [-0.39, 0.29) is 10.8 Å². The summed E-state index contributed by atoms with van der Waals surface area (Å²) in [5, 5.41) is 7.81. The predicted molar refractivity (Wildman–Crippen MR) is 76.1 cm³/mol. The molecule has 0 aliphatic heterocycles. The van der Waals surface area contributed by atoms with Crippen molar-refractivity contribution in [2.45, 2.75) is 25.7 Å². The maximum absolute atomic E-state index is 12.0. The number of carbonyl (C=O) groups is 1. The number of nitrogens with two attached hydrogens (primary N) is 1. The Kier molecular flexibility index (Phi) is 5.67. The highest BCUT2D eigenvalue weighted by Crippen LogP contribution is 2.19. The number of hydrogen-bond donors (Lipinski definition) is 2. The molecule has 1 amide bonds. The lowest BCUT2D eigenvalue weighted by atomic mass is 10.1. The molecule has 0 aliphatic rings. The molecule has 0 saturated carbocycles. The zero-order valence-electron chi connectivity index (χ0n) is 11.9. The molecule has 0 saturated heterocycles. The summed E-state index contributed by atoms with van der Waals surface area (Å²) in [6, 6.07) is 2.95. The quantitative estimate of drug-likeness (QED) is 0.756. The second-order valence-corrected chi connectivity index (χ2v) is 5.96. The number of hydrogen-bond acceptors (Lipinski definition) is 4. The van der Waals surface area contributed by atoms with Gasteiger partial charge in [0.2, 0.25) is 10.0 Å². The summed E-state index contributed by atoms with van der Waals surface area (Å²) in [4.78, 5) is 12.0. The van der Waals surface area contributed by atoms with E-state index in [1.54, 1.807) is 19.9 Å². The van der Waals surface area contributed by atoms with Crippen molar-refractivity contribution in [1.29, 1.82) is 0 Å². The Hall–Kier alpha value is -1.44. The Morgan fingerprint density at radius 1 is 1.30 bits per heavy atom. The number of nitrogens with one attached hydrogen (secondary N) is 1. The van der Waals surface area contributed by atoms with Crippen molar-refractivity contribution in [1.82, 2.24) is 5.32 Å². The molecule has 0 atom stereocenters. The maximum atomic E-state index is 12.0. The van der Waals surface area contributed by atoms with Crippen molar-refractivity contribution >= 4 is 15.9 Å². The van der Waals surface area contributed by atoms with Crippen molar-refractivity contribution in [3.63, 3.8) is 0 Å². The molecule has 112 valence electrons. The first kappa shape index (κ1) is 16.6. The first-order valence-corrected chi connectivity index (χ1v) is 7.82. The summed E-state index contributed by atoms with van der Waals surface area (Å²) in [5.41, 5.74) is 1.52. The molecule has 7 heteroatoms. The monoisotopic (exact) mass is 300 g/mol. The van der Waals surface area contributed by atoms with Crippen LogP contribution in [0, 0.1) is 13.8 Å². The molecule has 6 nitrogen and oxygen atoms in total. The SMILES string of the molecule is CCOCCNC(=O)c1cc(S(N)(=O)=O)c(C)cc1C. The van der Waals surface area contributed by atoms with Crippen molar-refractivity contribution in [2.24, 2.45) is 5.14 Å². The van der Waals surface area contributed by atoms with Gasteiger partial charge in [0.05, 0.1) is 11.5 Å². The summed E-state index contributed by atoms with van der Waals surface area (Å²) < 4.78 is 28.0. The highest BCUT2D eigenvalue weighted by atomic mass is 32.2. The van der Waals surface area contributed by atoms with Gasteiger partial charge in [0.15, 0.2) is 0 Å². The zero-order chi connectivity index (χ0) is 15.3. The Morgan fingerprint density at radius 3 is 2.50 bits per heavy atom. The summed E-state index contributed by atoms with van der Waals surface area (Å²) in [6.45, 7) is 6.61. The van der Waals surface area contributed by atoms with Gasteiger partial charge >= 0.3 is 0 Å². The van der Waals surface area contributed by atoms with E-state index in [9.17, 15) is 13.2 Å². The lowest BCUT2D eigenvalue weighted by Gasteiger charge is -2.11. The van der Waals surface area contributed by atoms with Crippen LogP contribution in [-0.2, 0) is 14.8 Å². The van der Waals surface area contributed by atoms with Crippen LogP contribution < -0.4 is 10.5 Å². The van der Waals surface area contributed by atoms with E-state index in [0.29, 0.717) is 36.4 Å². The van der Waals surface area contributed by atoms with E-state index in [1.807, 2.05) is 6.92 Å². The van der Waals surface area contributed by atoms with Crippen molar-refractivity contribution in [3.8, 4) is 0 Å². The molecule has 1 aromatic rings. The van der Waals surface area contributed by atoms with Crippen molar-refractivity contribution in [2.75, 3.05) is 19.8 Å². The number of amides is 1. The average molecular weight is 300 g/mol. The van der Waals surface area contributed by atoms with Crippen molar-refractivity contribution < 1.29 is 17.9 Å². The first-order chi connectivity index (χ1) is 9.27. The van der Waals surface area contributed by atoms with E-state index in [4.69, 9.17) is 9.88 Å². The van der Waals surface area contributed by atoms with Gasteiger partial charge < -0.3 is 10.1 Å². The lowest BCUT2D eigenvalue weighted by molar-refractivity contribution is 0.0922. The van der Waals surface area contributed by atoms with Gasteiger partial charge in [-0.25, -0.2) is 13.6 Å². The van der Waals surface area contributed by atoms with Gasteiger partial charge in [-0.2, -0.15) is 0 Å². The van der Waals surface area contributed by atoms with Gasteiger partial charge in [-0.1, -0.05) is 6.07 Å². The number of benzene rings is 1. The number of ether oxygens (including phenoxy) is 1. The molecule has 0 unspecified atom stereocenters. The summed E-state index contributed by atoms with van der Waals surface area (Å²) >= 11 is 0. The van der Waals surface area contributed by atoms with E-state index in [1.165, 1.54) is 6.07 Å². The fraction of sp³-hybridized carbons (Fsp3) is 0.462. The van der Waals surface area contributed by atoms with E-state index in [2.05, 4.69) is 5.32 Å². The fourth-order valence-corrected chi connectivity index (χ4v) is 2.65. The number of carbonyl (C=O) groups excluding carboxylic acids is 1. The fourth-order valence-electron chi connectivity index (χ4n) is 1.86. The van der Waals surface area contributed by atoms with Crippen LogP contribution in [0.3, 0.4) is 0 Å². The standard InChI is InChI=1S/C13H20N2O4S/c1-4-19-6-5-15-13(16)11-8-12(20(14,17)18)10(3)7-9(11)2/h7-8H,4-6H2,1-3H3,(H,15,16)(H2,14,17,18). The van der Waals surface area contributed by atoms with E-state index >= 15 is 0 Å². The molecule has 0 heterocycles. The third kappa shape index (κ3) is 4.29. The number of primary sulfonamides is 1. The number of sulfonamides is 1. The van der Waals surface area contributed by atoms with Crippen LogP contribution in [0.25, 0.3) is 0 Å². The van der Waals surface area contributed by atoms with Gasteiger partial charge in [-0.05, 0) is 38.0 Å². The molecule has 0 aromatic heterocycles. The van der Waals surface area contributed by atoms with Gasteiger partial charge in [0, 0.05) is 18.7 Å². The average Bonchev–Trinajstić information content (AvgIpc) is 2.32. The Bertz CT molecular complexity index is 597. The third-order valence-electron chi connectivity index (χ3n) is 2.81. The molecular formula is C13H20N2O4S. The van der Waals surface area contributed by atoms with Crippen LogP contribution in [0.4, 0.5) is 0 Å². The summed E-state index contributed by atoms with van der Waals surface area (Å²) in [6.07, 6.45) is 0. The van der Waals surface area contributed by atoms with Crippen LogP contribution >= 0.6 is 0 Å². The first-order valence-electron chi connectivity index (χ1n) is 6.27. The molecule has 0 spiro atoms. The second-order valence-electron chi connectivity index (χ2n) is 4.43. The van der Waals surface area contributed by atoms with E-state index in [0.717, 1.165) is 0 Å². The number of rotatable bonds is 6. The minimum atomic E-state index is -3.84. The number of aryl methyl sites for hydroxylation is 2. The van der Waals surface area contributed by atoms with Crippen LogP contribution in [0.5, 0.6) is 0 Å². The minimum Gasteiger partial charge on any atom is -0.380 e. The van der Waals surface area contributed by atoms with Gasteiger partial charge in [-0.3, -0.25) is 4.79 Å². The highest BCUT2D eigenvalue weighted by molar-refractivity contribution is 7.89. The van der Waals surface area contributed by atoms with E-state index < -0.39 is 10.0 Å². The minimum absolute atomic E-state index is 0.0296. The van der Waals surface area contributed by atoms with Crippen LogP contribution in [0.15, 0.2) is 17.0 Å². The smallest absolute Gasteiger partial charge is 0.251 e. The Morgan fingerprint density at radius 2 is 1.95 bits per heavy atom. The zero-order valence-corrected chi connectivity index (χ0v) is 12.7. The molecular weight excluding hydrogens is 280 g/mol. The topological polar surface area (TPSA) is 98.5 Å². The molecule has 0 fully saturated rings. The summed E-state index contributed by atoms with van der Waals surface area (Å²) in [7, 11) is -3.84. The van der Waals surface area contributed by atoms with Crippen molar-refractivity contribution in [3.05, 3.63) is 28.8 Å². The van der Waals surface area contributed by atoms with Gasteiger partial charge in [0.25, 0.3) is 5.91 Å². The Labute approximate surface area is 119 Å². The summed E-state index contributed by atoms with van der Waals surface area (Å²) in [5.74, 6) is -0.341. The van der Waals surface area contributed by atoms with Gasteiger partial charge in [-0.15, -0.1) is 0 Å². The Balaban J connectivity index is 2.98. The largest absolute Gasteiger partial charge is 0.380 e.